The zero-order chi connectivity index (χ0) is 45.5. The van der Waals surface area contributed by atoms with E-state index in [1.165, 1.54) is 17.2 Å². The highest BCUT2D eigenvalue weighted by Gasteiger charge is 2.42. The van der Waals surface area contributed by atoms with Crippen LogP contribution in [0, 0.1) is 17.8 Å². The lowest BCUT2D eigenvalue weighted by Gasteiger charge is -2.27. The molecule has 61 heavy (non-hydrogen) atoms. The van der Waals surface area contributed by atoms with Crippen molar-refractivity contribution in [2.24, 2.45) is 23.5 Å². The molecule has 0 aromatic carbocycles. The minimum Gasteiger partial charge on any atom is -0.368 e. The number of primary amides is 1. The van der Waals surface area contributed by atoms with Gasteiger partial charge in [-0.05, 0) is 68.8 Å². The molecule has 0 aliphatic carbocycles. The summed E-state index contributed by atoms with van der Waals surface area (Å²) >= 11 is 3.29. The Balaban J connectivity index is 1.75. The van der Waals surface area contributed by atoms with Crippen molar-refractivity contribution in [3.05, 3.63) is 0 Å². The number of carbonyl (C=O) groups is 9. The predicted molar refractivity (Wildman–Crippen MR) is 232 cm³/mol. The molecular weight excluding hydrogens is 833 g/mol. The SMILES string of the molecule is CC[C@H](C)[C@H](NC(=O)[C@H](CCSC)NC(=O)C(CC(=O)NO)CC(C)C)C(=O)NCC(=O)NCC(=O)N[C@@H](CCCCNC(=O)CCCC[C@@H]1SC[C@@H]2NC(=O)N[C@@H]21)C(N)=O. The fourth-order valence-corrected chi connectivity index (χ4v) is 9.00. The molecule has 0 spiro atoms. The monoisotopic (exact) mass is 900 g/mol. The number of urea groups is 1. The molecule has 22 heteroatoms. The van der Waals surface area contributed by atoms with Crippen LogP contribution in [0.25, 0.3) is 0 Å². The Labute approximate surface area is 366 Å². The number of hydrogen-bond donors (Lipinski definition) is 11. The van der Waals surface area contributed by atoms with E-state index in [2.05, 4.69) is 42.5 Å². The summed E-state index contributed by atoms with van der Waals surface area (Å²) in [4.78, 5) is 113. The number of amides is 10. The van der Waals surface area contributed by atoms with E-state index in [4.69, 9.17) is 10.9 Å². The molecule has 2 fully saturated rings. The van der Waals surface area contributed by atoms with Crippen LogP contribution < -0.4 is 53.7 Å². The number of fused-ring (bicyclic) bond motifs is 1. The van der Waals surface area contributed by atoms with Gasteiger partial charge < -0.3 is 48.3 Å². The van der Waals surface area contributed by atoms with Gasteiger partial charge >= 0.3 is 6.03 Å². The lowest BCUT2D eigenvalue weighted by molar-refractivity contribution is -0.137. The quantitative estimate of drug-likeness (QED) is 0.0189. The molecule has 2 saturated heterocycles. The summed E-state index contributed by atoms with van der Waals surface area (Å²) in [5, 5.41) is 30.9. The standard InChI is InChI=1S/C39H68N10O10S2/c1-6-23(4)33(47-37(56)26(14-16-60-5)45-36(55)24(17-22(2)3)18-30(51)49-59)38(57)43-19-31(52)42-20-32(53)44-25(35(40)54)11-9-10-15-41-29(50)13-8-7-12-28-34-27(21-61-28)46-39(58)48-34/h22-28,33-34,59H,6-21H2,1-5H3,(H2,40,54)(H,41,50)(H,42,52)(H,43,57)(H,44,53)(H,45,55)(H,47,56)(H,49,51)(H2,46,48,58)/t23-,24?,25-,26-,27-,28-,33-,34-/m0/s1. The Morgan fingerprint density at radius 3 is 2.20 bits per heavy atom. The van der Waals surface area contributed by atoms with Gasteiger partial charge in [0.2, 0.25) is 47.3 Å². The number of nitrogens with two attached hydrogens (primary N) is 1. The topological polar surface area (TPSA) is 308 Å². The number of thioether (sulfide) groups is 2. The number of hydroxylamine groups is 1. The Morgan fingerprint density at radius 1 is 0.820 bits per heavy atom. The van der Waals surface area contributed by atoms with Gasteiger partial charge in [-0.25, -0.2) is 10.3 Å². The highest BCUT2D eigenvalue weighted by Crippen LogP contribution is 2.33. The molecule has 2 aliphatic heterocycles. The predicted octanol–water partition coefficient (Wildman–Crippen LogP) is -0.472. The van der Waals surface area contributed by atoms with Gasteiger partial charge in [-0.3, -0.25) is 43.6 Å². The fourth-order valence-electron chi connectivity index (χ4n) is 6.98. The minimum atomic E-state index is -1.07. The number of nitrogens with one attached hydrogen (secondary N) is 9. The van der Waals surface area contributed by atoms with Crippen molar-refractivity contribution in [1.82, 2.24) is 48.0 Å². The number of rotatable bonds is 30. The maximum Gasteiger partial charge on any atom is 0.315 e. The first-order valence-electron chi connectivity index (χ1n) is 21.1. The number of hydrogen-bond acceptors (Lipinski definition) is 12. The van der Waals surface area contributed by atoms with Gasteiger partial charge in [0.05, 0.1) is 25.2 Å². The summed E-state index contributed by atoms with van der Waals surface area (Å²) < 4.78 is 0. The van der Waals surface area contributed by atoms with E-state index in [1.54, 1.807) is 6.92 Å². The third kappa shape index (κ3) is 20.0. The van der Waals surface area contributed by atoms with Crippen LogP contribution in [0.4, 0.5) is 4.79 Å². The van der Waals surface area contributed by atoms with Crippen LogP contribution >= 0.6 is 23.5 Å². The van der Waals surface area contributed by atoms with E-state index in [1.807, 2.05) is 38.8 Å². The Hall–Kier alpha value is -4.31. The average Bonchev–Trinajstić information content (AvgIpc) is 3.78. The van der Waals surface area contributed by atoms with Crippen LogP contribution in [0.15, 0.2) is 0 Å². The summed E-state index contributed by atoms with van der Waals surface area (Å²) in [7, 11) is 0. The molecule has 1 unspecified atom stereocenters. The van der Waals surface area contributed by atoms with Crippen molar-refractivity contribution in [2.45, 2.75) is 134 Å². The maximum atomic E-state index is 13.5. The molecule has 0 saturated carbocycles. The van der Waals surface area contributed by atoms with E-state index in [0.717, 1.165) is 25.0 Å². The normalized spacial score (nSPS) is 19.1. The van der Waals surface area contributed by atoms with Crippen molar-refractivity contribution in [2.75, 3.05) is 37.4 Å². The first kappa shape index (κ1) is 52.8. The maximum absolute atomic E-state index is 13.5. The van der Waals surface area contributed by atoms with Gasteiger partial charge in [0, 0.05) is 36.3 Å². The second kappa shape index (κ2) is 28.3. The van der Waals surface area contributed by atoms with Crippen molar-refractivity contribution in [3.63, 3.8) is 0 Å². The summed E-state index contributed by atoms with van der Waals surface area (Å²) in [5.74, 6) is -4.50. The summed E-state index contributed by atoms with van der Waals surface area (Å²) in [5.41, 5.74) is 7.03. The molecular formula is C39H68N10O10S2. The van der Waals surface area contributed by atoms with Crippen LogP contribution in [0.3, 0.4) is 0 Å². The number of unbranched alkanes of at least 4 members (excludes halogenated alkanes) is 2. The first-order chi connectivity index (χ1) is 29.0. The van der Waals surface area contributed by atoms with Gasteiger partial charge in [-0.15, -0.1) is 0 Å². The van der Waals surface area contributed by atoms with Crippen LogP contribution in [0.2, 0.25) is 0 Å². The fraction of sp³-hybridized carbons (Fsp3) is 0.769. The molecule has 10 amide bonds. The Bertz CT molecular complexity index is 1510. The molecule has 0 radical (unpaired) electrons. The third-order valence-electron chi connectivity index (χ3n) is 10.6. The smallest absolute Gasteiger partial charge is 0.315 e. The Kier molecular flexibility index (Phi) is 24.5. The third-order valence-corrected chi connectivity index (χ3v) is 12.7. The van der Waals surface area contributed by atoms with Crippen LogP contribution in [0.1, 0.15) is 98.3 Å². The first-order valence-corrected chi connectivity index (χ1v) is 23.5. The van der Waals surface area contributed by atoms with E-state index in [0.29, 0.717) is 49.7 Å². The van der Waals surface area contributed by atoms with Gasteiger partial charge in [-0.2, -0.15) is 23.5 Å². The van der Waals surface area contributed by atoms with E-state index < -0.39 is 78.5 Å². The molecule has 12 N–H and O–H groups in total. The van der Waals surface area contributed by atoms with E-state index in [-0.39, 0.29) is 55.1 Å². The van der Waals surface area contributed by atoms with E-state index in [9.17, 15) is 43.2 Å². The van der Waals surface area contributed by atoms with Crippen LogP contribution in [-0.4, -0.2) is 131 Å². The molecule has 2 rings (SSSR count). The van der Waals surface area contributed by atoms with Crippen molar-refractivity contribution in [1.29, 1.82) is 0 Å². The Morgan fingerprint density at radius 2 is 1.54 bits per heavy atom. The van der Waals surface area contributed by atoms with Gasteiger partial charge in [0.1, 0.15) is 18.1 Å². The molecule has 0 bridgehead atoms. The number of carbonyl (C=O) groups excluding carboxylic acids is 9. The largest absolute Gasteiger partial charge is 0.368 e. The summed E-state index contributed by atoms with van der Waals surface area (Å²) in [6, 6.07) is -2.91. The minimum absolute atomic E-state index is 0.0432. The highest BCUT2D eigenvalue weighted by molar-refractivity contribution is 8.00. The molecule has 2 aliphatic rings. The second-order valence-corrected chi connectivity index (χ2v) is 18.3. The van der Waals surface area contributed by atoms with Crippen molar-refractivity contribution in [3.8, 4) is 0 Å². The van der Waals surface area contributed by atoms with Crippen molar-refractivity contribution < 1.29 is 48.4 Å². The van der Waals surface area contributed by atoms with Gasteiger partial charge in [-0.1, -0.05) is 40.5 Å². The van der Waals surface area contributed by atoms with Crippen LogP contribution in [0.5, 0.6) is 0 Å². The molecule has 2 heterocycles. The molecule has 8 atom stereocenters. The van der Waals surface area contributed by atoms with E-state index >= 15 is 0 Å². The highest BCUT2D eigenvalue weighted by atomic mass is 32.2. The van der Waals surface area contributed by atoms with Gasteiger partial charge in [0.15, 0.2) is 0 Å². The van der Waals surface area contributed by atoms with Crippen LogP contribution in [-0.2, 0) is 38.4 Å². The average molecular weight is 901 g/mol. The zero-order valence-electron chi connectivity index (χ0n) is 36.0. The van der Waals surface area contributed by atoms with Gasteiger partial charge in [0.25, 0.3) is 0 Å². The lowest BCUT2D eigenvalue weighted by Crippen LogP contribution is -2.57. The zero-order valence-corrected chi connectivity index (χ0v) is 37.7. The summed E-state index contributed by atoms with van der Waals surface area (Å²) in [6.07, 6.45) is 6.77. The lowest BCUT2D eigenvalue weighted by atomic mass is 9.92. The molecule has 0 aromatic rings. The molecule has 0 aromatic heterocycles. The molecule has 346 valence electrons. The molecule has 20 nitrogen and oxygen atoms in total. The summed E-state index contributed by atoms with van der Waals surface area (Å²) in [6.45, 7) is 6.69. The van der Waals surface area contributed by atoms with Crippen molar-refractivity contribution >= 4 is 76.8 Å². The second-order valence-electron chi connectivity index (χ2n) is 16.0.